The van der Waals surface area contributed by atoms with Gasteiger partial charge in [0.2, 0.25) is 5.91 Å². The van der Waals surface area contributed by atoms with Crippen molar-refractivity contribution in [3.05, 3.63) is 58.9 Å². The summed E-state index contributed by atoms with van der Waals surface area (Å²) in [5, 5.41) is 15.9. The standard InChI is InChI=1S/C18H19N3O3/c1-12-4-2-7-15(12)17(22)19-11-13-5-3-6-14(10-13)21-9-8-16(20-21)18(23)24/h3,5-6,8-10H,2,4,7,11H2,1H3,(H,19,22)(H,23,24). The largest absolute Gasteiger partial charge is 0.476 e. The Labute approximate surface area is 139 Å². The van der Waals surface area contributed by atoms with Crippen LogP contribution in [0, 0.1) is 0 Å². The van der Waals surface area contributed by atoms with Gasteiger partial charge in [-0.15, -0.1) is 0 Å². The maximum Gasteiger partial charge on any atom is 0.356 e. The van der Waals surface area contributed by atoms with Crippen molar-refractivity contribution in [2.75, 3.05) is 0 Å². The molecule has 0 spiro atoms. The molecule has 0 bridgehead atoms. The summed E-state index contributed by atoms with van der Waals surface area (Å²) in [4.78, 5) is 23.1. The highest BCUT2D eigenvalue weighted by Crippen LogP contribution is 2.25. The number of carboxylic acids is 1. The fourth-order valence-corrected chi connectivity index (χ4v) is 2.88. The molecule has 2 N–H and O–H groups in total. The fourth-order valence-electron chi connectivity index (χ4n) is 2.88. The molecule has 124 valence electrons. The van der Waals surface area contributed by atoms with Crippen LogP contribution in [-0.2, 0) is 11.3 Å². The average Bonchev–Trinajstić information content (AvgIpc) is 3.22. The van der Waals surface area contributed by atoms with Crippen LogP contribution in [0.25, 0.3) is 5.69 Å². The number of hydrogen-bond donors (Lipinski definition) is 2. The number of allylic oxidation sites excluding steroid dienone is 1. The smallest absolute Gasteiger partial charge is 0.356 e. The van der Waals surface area contributed by atoms with Crippen LogP contribution in [-0.4, -0.2) is 26.8 Å². The Morgan fingerprint density at radius 3 is 2.79 bits per heavy atom. The number of aromatic carboxylic acids is 1. The summed E-state index contributed by atoms with van der Waals surface area (Å²) in [5.74, 6) is -1.06. The first-order chi connectivity index (χ1) is 11.5. The third-order valence-electron chi connectivity index (χ3n) is 4.20. The Morgan fingerprint density at radius 1 is 1.29 bits per heavy atom. The van der Waals surface area contributed by atoms with Crippen LogP contribution in [0.2, 0.25) is 0 Å². The lowest BCUT2D eigenvalue weighted by Gasteiger charge is -2.09. The molecule has 0 saturated heterocycles. The van der Waals surface area contributed by atoms with Crippen LogP contribution in [0.15, 0.2) is 47.7 Å². The normalized spacial score (nSPS) is 14.0. The van der Waals surface area contributed by atoms with Crippen molar-refractivity contribution in [1.82, 2.24) is 15.1 Å². The predicted octanol–water partition coefficient (Wildman–Crippen LogP) is 2.69. The Balaban J connectivity index is 1.70. The minimum absolute atomic E-state index is 0.00245. The van der Waals surface area contributed by atoms with Crippen LogP contribution >= 0.6 is 0 Å². The van der Waals surface area contributed by atoms with E-state index in [1.807, 2.05) is 31.2 Å². The van der Waals surface area contributed by atoms with Gasteiger partial charge in [0.15, 0.2) is 5.69 Å². The third-order valence-corrected chi connectivity index (χ3v) is 4.20. The van der Waals surface area contributed by atoms with E-state index in [0.717, 1.165) is 36.1 Å². The lowest BCUT2D eigenvalue weighted by atomic mass is 10.1. The zero-order valence-electron chi connectivity index (χ0n) is 13.5. The first-order valence-electron chi connectivity index (χ1n) is 7.89. The molecular formula is C18H19N3O3. The fraction of sp³-hybridized carbons (Fsp3) is 0.278. The van der Waals surface area contributed by atoms with E-state index in [1.165, 1.54) is 16.3 Å². The molecule has 1 aromatic heterocycles. The number of nitrogens with zero attached hydrogens (tertiary/aromatic N) is 2. The monoisotopic (exact) mass is 325 g/mol. The minimum atomic E-state index is -1.06. The number of carboxylic acid groups (broad SMARTS) is 1. The first kappa shape index (κ1) is 16.0. The van der Waals surface area contributed by atoms with Crippen LogP contribution in [0.3, 0.4) is 0 Å². The molecule has 0 radical (unpaired) electrons. The van der Waals surface area contributed by atoms with Gasteiger partial charge in [-0.3, -0.25) is 4.79 Å². The van der Waals surface area contributed by atoms with Crippen LogP contribution in [0.5, 0.6) is 0 Å². The molecule has 24 heavy (non-hydrogen) atoms. The topological polar surface area (TPSA) is 84.2 Å². The Bertz CT molecular complexity index is 820. The van der Waals surface area contributed by atoms with E-state index < -0.39 is 5.97 Å². The molecule has 0 atom stereocenters. The molecule has 1 amide bonds. The van der Waals surface area contributed by atoms with Gasteiger partial charge in [0.1, 0.15) is 0 Å². The molecule has 0 aliphatic heterocycles. The van der Waals surface area contributed by atoms with E-state index in [0.29, 0.717) is 6.54 Å². The van der Waals surface area contributed by atoms with Crippen molar-refractivity contribution >= 4 is 11.9 Å². The van der Waals surface area contributed by atoms with E-state index in [2.05, 4.69) is 10.4 Å². The molecule has 0 saturated carbocycles. The maximum absolute atomic E-state index is 12.2. The van der Waals surface area contributed by atoms with E-state index in [4.69, 9.17) is 5.11 Å². The minimum Gasteiger partial charge on any atom is -0.476 e. The second-order valence-electron chi connectivity index (χ2n) is 5.92. The number of hydrogen-bond acceptors (Lipinski definition) is 3. The van der Waals surface area contributed by atoms with Gasteiger partial charge in [0.05, 0.1) is 5.69 Å². The van der Waals surface area contributed by atoms with E-state index in [-0.39, 0.29) is 11.6 Å². The van der Waals surface area contributed by atoms with Crippen LogP contribution in [0.1, 0.15) is 42.2 Å². The van der Waals surface area contributed by atoms with Crippen molar-refractivity contribution in [3.8, 4) is 5.69 Å². The molecule has 1 aromatic carbocycles. The third kappa shape index (κ3) is 3.37. The molecule has 6 nitrogen and oxygen atoms in total. The van der Waals surface area contributed by atoms with E-state index >= 15 is 0 Å². The molecule has 1 aliphatic rings. The number of aromatic nitrogens is 2. The van der Waals surface area contributed by atoms with E-state index in [9.17, 15) is 9.59 Å². The summed E-state index contributed by atoms with van der Waals surface area (Å²) in [6.45, 7) is 2.44. The lowest BCUT2D eigenvalue weighted by molar-refractivity contribution is -0.117. The Kier molecular flexibility index (Phi) is 4.46. The van der Waals surface area contributed by atoms with Gasteiger partial charge in [-0.25, -0.2) is 9.48 Å². The quantitative estimate of drug-likeness (QED) is 0.885. The highest BCUT2D eigenvalue weighted by atomic mass is 16.4. The van der Waals surface area contributed by atoms with Gasteiger partial charge in [-0.2, -0.15) is 5.10 Å². The number of carbonyl (C=O) groups excluding carboxylic acids is 1. The van der Waals surface area contributed by atoms with Crippen molar-refractivity contribution in [2.45, 2.75) is 32.7 Å². The summed E-state index contributed by atoms with van der Waals surface area (Å²) < 4.78 is 1.51. The summed E-state index contributed by atoms with van der Waals surface area (Å²) in [6.07, 6.45) is 4.51. The van der Waals surface area contributed by atoms with Gasteiger partial charge in [-0.05, 0) is 49.9 Å². The second kappa shape index (κ2) is 6.70. The van der Waals surface area contributed by atoms with Crippen LogP contribution in [0.4, 0.5) is 0 Å². The number of nitrogens with one attached hydrogen (secondary N) is 1. The molecule has 1 aliphatic carbocycles. The summed E-state index contributed by atoms with van der Waals surface area (Å²) >= 11 is 0. The molecular weight excluding hydrogens is 306 g/mol. The molecule has 6 heteroatoms. The number of carbonyl (C=O) groups is 2. The molecule has 0 fully saturated rings. The zero-order chi connectivity index (χ0) is 17.1. The van der Waals surface area contributed by atoms with Crippen LogP contribution < -0.4 is 5.32 Å². The number of benzene rings is 1. The highest BCUT2D eigenvalue weighted by molar-refractivity contribution is 5.94. The van der Waals surface area contributed by atoms with E-state index in [1.54, 1.807) is 6.20 Å². The number of rotatable bonds is 5. The van der Waals surface area contributed by atoms with Crippen molar-refractivity contribution in [1.29, 1.82) is 0 Å². The lowest BCUT2D eigenvalue weighted by Crippen LogP contribution is -2.24. The molecule has 0 unspecified atom stereocenters. The molecule has 3 rings (SSSR count). The average molecular weight is 325 g/mol. The molecule has 2 aromatic rings. The first-order valence-corrected chi connectivity index (χ1v) is 7.89. The SMILES string of the molecule is CC1=C(C(=O)NCc2cccc(-n3ccc(C(=O)O)n3)c2)CCC1. The van der Waals surface area contributed by atoms with Crippen molar-refractivity contribution in [2.24, 2.45) is 0 Å². The summed E-state index contributed by atoms with van der Waals surface area (Å²) in [7, 11) is 0. The van der Waals surface area contributed by atoms with Gasteiger partial charge >= 0.3 is 5.97 Å². The van der Waals surface area contributed by atoms with Gasteiger partial charge in [0, 0.05) is 18.3 Å². The van der Waals surface area contributed by atoms with Crippen molar-refractivity contribution < 1.29 is 14.7 Å². The highest BCUT2D eigenvalue weighted by Gasteiger charge is 2.17. The summed E-state index contributed by atoms with van der Waals surface area (Å²) in [6, 6.07) is 8.95. The zero-order valence-corrected chi connectivity index (χ0v) is 13.5. The predicted molar refractivity (Wildman–Crippen MR) is 88.9 cm³/mol. The summed E-state index contributed by atoms with van der Waals surface area (Å²) in [5.41, 5.74) is 3.77. The molecule has 1 heterocycles. The second-order valence-corrected chi connectivity index (χ2v) is 5.92. The number of amides is 1. The van der Waals surface area contributed by atoms with Crippen molar-refractivity contribution in [3.63, 3.8) is 0 Å². The Morgan fingerprint density at radius 2 is 2.12 bits per heavy atom. The Hall–Kier alpha value is -2.89. The van der Waals surface area contributed by atoms with Gasteiger partial charge < -0.3 is 10.4 Å². The maximum atomic E-state index is 12.2. The van der Waals surface area contributed by atoms with Gasteiger partial charge in [-0.1, -0.05) is 17.7 Å². The van der Waals surface area contributed by atoms with Gasteiger partial charge in [0.25, 0.3) is 0 Å².